The largest absolute Gasteiger partial charge is 0.493 e. The molecule has 0 fully saturated rings. The van der Waals surface area contributed by atoms with Crippen molar-refractivity contribution in [1.82, 2.24) is 0 Å². The van der Waals surface area contributed by atoms with Gasteiger partial charge in [-0.05, 0) is 49.1 Å². The lowest BCUT2D eigenvalue weighted by molar-refractivity contribution is 0.249. The van der Waals surface area contributed by atoms with Crippen LogP contribution < -0.4 is 10.5 Å². The summed E-state index contributed by atoms with van der Waals surface area (Å²) in [5.74, 6) is 1.50. The number of hydrogen-bond acceptors (Lipinski definition) is 2. The SMILES string of the molecule is CCCC(C)COc1ccc(Cl)cc1CCN. The highest BCUT2D eigenvalue weighted by atomic mass is 35.5. The Hall–Kier alpha value is -0.730. The highest BCUT2D eigenvalue weighted by molar-refractivity contribution is 6.30. The third-order valence-corrected chi connectivity index (χ3v) is 2.98. The smallest absolute Gasteiger partial charge is 0.122 e. The van der Waals surface area contributed by atoms with Crippen LogP contribution in [0.25, 0.3) is 0 Å². The van der Waals surface area contributed by atoms with Gasteiger partial charge in [0.2, 0.25) is 0 Å². The molecule has 0 aliphatic heterocycles. The minimum atomic E-state index is 0.585. The maximum absolute atomic E-state index is 5.97. The molecule has 0 radical (unpaired) electrons. The Morgan fingerprint density at radius 3 is 2.82 bits per heavy atom. The third-order valence-electron chi connectivity index (χ3n) is 2.74. The molecule has 17 heavy (non-hydrogen) atoms. The third kappa shape index (κ3) is 4.97. The molecule has 1 atom stereocenters. The van der Waals surface area contributed by atoms with Gasteiger partial charge >= 0.3 is 0 Å². The van der Waals surface area contributed by atoms with E-state index in [0.717, 1.165) is 29.4 Å². The molecule has 1 rings (SSSR count). The summed E-state index contributed by atoms with van der Waals surface area (Å²) in [4.78, 5) is 0. The molecule has 1 unspecified atom stereocenters. The molecule has 0 aliphatic carbocycles. The van der Waals surface area contributed by atoms with Crippen molar-refractivity contribution >= 4 is 11.6 Å². The molecule has 0 spiro atoms. The summed E-state index contributed by atoms with van der Waals surface area (Å²) in [6.45, 7) is 5.77. The Morgan fingerprint density at radius 1 is 1.41 bits per heavy atom. The highest BCUT2D eigenvalue weighted by Crippen LogP contribution is 2.24. The van der Waals surface area contributed by atoms with E-state index in [1.807, 2.05) is 18.2 Å². The maximum Gasteiger partial charge on any atom is 0.122 e. The molecule has 0 saturated carbocycles. The Morgan fingerprint density at radius 2 is 2.18 bits per heavy atom. The Balaban J connectivity index is 2.62. The first kappa shape index (κ1) is 14.3. The fraction of sp³-hybridized carbons (Fsp3) is 0.571. The van der Waals surface area contributed by atoms with Gasteiger partial charge in [0.1, 0.15) is 5.75 Å². The van der Waals surface area contributed by atoms with E-state index in [1.165, 1.54) is 12.8 Å². The van der Waals surface area contributed by atoms with Gasteiger partial charge in [0.25, 0.3) is 0 Å². The van der Waals surface area contributed by atoms with Gasteiger partial charge in [-0.15, -0.1) is 0 Å². The van der Waals surface area contributed by atoms with E-state index in [9.17, 15) is 0 Å². The van der Waals surface area contributed by atoms with E-state index in [0.29, 0.717) is 12.5 Å². The van der Waals surface area contributed by atoms with Crippen LogP contribution >= 0.6 is 11.6 Å². The number of ether oxygens (including phenoxy) is 1. The average Bonchev–Trinajstić information content (AvgIpc) is 2.29. The molecule has 0 aliphatic rings. The van der Waals surface area contributed by atoms with Gasteiger partial charge < -0.3 is 10.5 Å². The predicted molar refractivity (Wildman–Crippen MR) is 73.8 cm³/mol. The van der Waals surface area contributed by atoms with E-state index >= 15 is 0 Å². The van der Waals surface area contributed by atoms with Crippen LogP contribution in [0.2, 0.25) is 5.02 Å². The van der Waals surface area contributed by atoms with Crippen LogP contribution in [0.4, 0.5) is 0 Å². The molecule has 3 heteroatoms. The molecule has 2 nitrogen and oxygen atoms in total. The van der Waals surface area contributed by atoms with Gasteiger partial charge in [0.05, 0.1) is 6.61 Å². The van der Waals surface area contributed by atoms with Gasteiger partial charge in [-0.1, -0.05) is 31.9 Å². The molecule has 0 heterocycles. The zero-order valence-corrected chi connectivity index (χ0v) is 11.5. The van der Waals surface area contributed by atoms with Gasteiger partial charge in [0, 0.05) is 5.02 Å². The van der Waals surface area contributed by atoms with Crippen molar-refractivity contribution in [2.45, 2.75) is 33.1 Å². The summed E-state index contributed by atoms with van der Waals surface area (Å²) >= 11 is 5.97. The fourth-order valence-electron chi connectivity index (χ4n) is 1.85. The normalized spacial score (nSPS) is 12.5. The molecular weight excluding hydrogens is 234 g/mol. The second-order valence-electron chi connectivity index (χ2n) is 4.50. The van der Waals surface area contributed by atoms with E-state index in [2.05, 4.69) is 13.8 Å². The van der Waals surface area contributed by atoms with Crippen LogP contribution in [0.5, 0.6) is 5.75 Å². The van der Waals surface area contributed by atoms with Crippen LogP contribution in [0.1, 0.15) is 32.3 Å². The Labute approximate surface area is 109 Å². The number of hydrogen-bond donors (Lipinski definition) is 1. The van der Waals surface area contributed by atoms with Gasteiger partial charge in [-0.25, -0.2) is 0 Å². The van der Waals surface area contributed by atoms with Crippen molar-refractivity contribution in [2.24, 2.45) is 11.7 Å². The maximum atomic E-state index is 5.97. The standard InChI is InChI=1S/C14H22ClNO/c1-3-4-11(2)10-17-14-6-5-13(15)9-12(14)7-8-16/h5-6,9,11H,3-4,7-8,10,16H2,1-2H3. The van der Waals surface area contributed by atoms with Crippen LogP contribution in [0.15, 0.2) is 18.2 Å². The number of rotatable bonds is 7. The molecule has 1 aromatic carbocycles. The van der Waals surface area contributed by atoms with Crippen molar-refractivity contribution in [2.75, 3.05) is 13.2 Å². The molecule has 0 saturated heterocycles. The second-order valence-corrected chi connectivity index (χ2v) is 4.93. The molecule has 1 aromatic rings. The van der Waals surface area contributed by atoms with Crippen molar-refractivity contribution in [3.05, 3.63) is 28.8 Å². The molecule has 0 aromatic heterocycles. The first-order valence-corrected chi connectivity index (χ1v) is 6.66. The minimum Gasteiger partial charge on any atom is -0.493 e. The van der Waals surface area contributed by atoms with Crippen LogP contribution in [-0.2, 0) is 6.42 Å². The topological polar surface area (TPSA) is 35.2 Å². The van der Waals surface area contributed by atoms with Crippen LogP contribution in [0, 0.1) is 5.92 Å². The van der Waals surface area contributed by atoms with Crippen molar-refractivity contribution in [3.63, 3.8) is 0 Å². The van der Waals surface area contributed by atoms with Crippen molar-refractivity contribution < 1.29 is 4.74 Å². The number of nitrogens with two attached hydrogens (primary N) is 1. The van der Waals surface area contributed by atoms with E-state index in [4.69, 9.17) is 22.1 Å². The molecular formula is C14H22ClNO. The quantitative estimate of drug-likeness (QED) is 0.807. The molecule has 2 N–H and O–H groups in total. The van der Waals surface area contributed by atoms with E-state index in [1.54, 1.807) is 0 Å². The first-order chi connectivity index (χ1) is 8.17. The van der Waals surface area contributed by atoms with Gasteiger partial charge in [-0.2, -0.15) is 0 Å². The van der Waals surface area contributed by atoms with Crippen molar-refractivity contribution in [3.8, 4) is 5.75 Å². The first-order valence-electron chi connectivity index (χ1n) is 6.28. The monoisotopic (exact) mass is 255 g/mol. The summed E-state index contributed by atoms with van der Waals surface area (Å²) in [5, 5.41) is 0.738. The van der Waals surface area contributed by atoms with E-state index < -0.39 is 0 Å². The zero-order chi connectivity index (χ0) is 12.7. The summed E-state index contributed by atoms with van der Waals surface area (Å²) < 4.78 is 5.84. The van der Waals surface area contributed by atoms with Crippen LogP contribution in [-0.4, -0.2) is 13.2 Å². The predicted octanol–water partition coefficient (Wildman–Crippen LogP) is 3.66. The molecule has 0 bridgehead atoms. The van der Waals surface area contributed by atoms with E-state index in [-0.39, 0.29) is 0 Å². The lowest BCUT2D eigenvalue weighted by Gasteiger charge is -2.15. The Kier molecular flexibility index (Phi) is 6.38. The molecule has 0 amide bonds. The van der Waals surface area contributed by atoms with Crippen molar-refractivity contribution in [1.29, 1.82) is 0 Å². The Bertz CT molecular complexity index is 341. The van der Waals surface area contributed by atoms with Gasteiger partial charge in [0.15, 0.2) is 0 Å². The lowest BCUT2D eigenvalue weighted by atomic mass is 10.1. The summed E-state index contributed by atoms with van der Waals surface area (Å²) in [7, 11) is 0. The lowest BCUT2D eigenvalue weighted by Crippen LogP contribution is -2.10. The minimum absolute atomic E-state index is 0.585. The number of benzene rings is 1. The van der Waals surface area contributed by atoms with Gasteiger partial charge in [-0.3, -0.25) is 0 Å². The zero-order valence-electron chi connectivity index (χ0n) is 10.7. The summed E-state index contributed by atoms with van der Waals surface area (Å²) in [5.41, 5.74) is 6.69. The average molecular weight is 256 g/mol. The fourth-order valence-corrected chi connectivity index (χ4v) is 2.04. The summed E-state index contributed by atoms with van der Waals surface area (Å²) in [6.07, 6.45) is 3.19. The van der Waals surface area contributed by atoms with Crippen LogP contribution in [0.3, 0.4) is 0 Å². The highest BCUT2D eigenvalue weighted by Gasteiger charge is 2.07. The number of halogens is 1. The second kappa shape index (κ2) is 7.57. The molecule has 96 valence electrons. The summed E-state index contributed by atoms with van der Waals surface area (Å²) in [6, 6.07) is 5.74.